The average molecular weight is 234 g/mol. The highest BCUT2D eigenvalue weighted by Crippen LogP contribution is 2.28. The van der Waals surface area contributed by atoms with Crippen LogP contribution in [-0.2, 0) is 4.79 Å². The Labute approximate surface area is 91.8 Å². The number of rotatable bonds is 2. The van der Waals surface area contributed by atoms with E-state index in [1.54, 1.807) is 6.92 Å². The molecule has 1 heterocycles. The number of halogens is 3. The Morgan fingerprint density at radius 1 is 1.62 bits per heavy atom. The summed E-state index contributed by atoms with van der Waals surface area (Å²) in [6.45, 7) is 1.48. The second kappa shape index (κ2) is 4.73. The largest absolute Gasteiger partial charge is 0.406 e. The van der Waals surface area contributed by atoms with Crippen LogP contribution in [0.4, 0.5) is 13.2 Å². The maximum Gasteiger partial charge on any atom is 0.406 e. The second-order valence-electron chi connectivity index (χ2n) is 4.05. The molecule has 3 nitrogen and oxygen atoms in total. The third-order valence-electron chi connectivity index (χ3n) is 2.75. The van der Waals surface area contributed by atoms with Crippen molar-refractivity contribution in [1.82, 2.24) is 4.90 Å². The number of carbonyl (C=O) groups excluding carboxylic acids is 1. The van der Waals surface area contributed by atoms with Gasteiger partial charge in [-0.15, -0.1) is 0 Å². The van der Waals surface area contributed by atoms with Crippen molar-refractivity contribution >= 4 is 5.91 Å². The molecule has 1 amide bonds. The van der Waals surface area contributed by atoms with Crippen LogP contribution in [0.5, 0.6) is 0 Å². The van der Waals surface area contributed by atoms with E-state index in [9.17, 15) is 18.0 Å². The molecule has 0 radical (unpaired) electrons. The normalized spacial score (nSPS) is 24.1. The number of hydrogen-bond acceptors (Lipinski definition) is 2. The van der Waals surface area contributed by atoms with E-state index in [4.69, 9.17) is 5.26 Å². The highest BCUT2D eigenvalue weighted by molar-refractivity contribution is 5.79. The van der Waals surface area contributed by atoms with Crippen LogP contribution >= 0.6 is 0 Å². The van der Waals surface area contributed by atoms with Gasteiger partial charge in [-0.3, -0.25) is 4.79 Å². The van der Waals surface area contributed by atoms with Crippen LogP contribution < -0.4 is 0 Å². The molecule has 2 unspecified atom stereocenters. The summed E-state index contributed by atoms with van der Waals surface area (Å²) >= 11 is 0. The summed E-state index contributed by atoms with van der Waals surface area (Å²) < 4.78 is 37.0. The van der Waals surface area contributed by atoms with Gasteiger partial charge in [-0.1, -0.05) is 6.92 Å². The van der Waals surface area contributed by atoms with Crippen molar-refractivity contribution in [2.75, 3.05) is 13.1 Å². The monoisotopic (exact) mass is 234 g/mol. The molecule has 16 heavy (non-hydrogen) atoms. The molecule has 0 aliphatic carbocycles. The van der Waals surface area contributed by atoms with E-state index >= 15 is 0 Å². The molecule has 2 atom stereocenters. The summed E-state index contributed by atoms with van der Waals surface area (Å²) in [5.74, 6) is -2.60. The third kappa shape index (κ3) is 2.87. The van der Waals surface area contributed by atoms with Crippen LogP contribution in [-0.4, -0.2) is 30.1 Å². The molecule has 6 heteroatoms. The minimum Gasteiger partial charge on any atom is -0.341 e. The van der Waals surface area contributed by atoms with E-state index in [0.717, 1.165) is 4.90 Å². The quantitative estimate of drug-likeness (QED) is 0.733. The van der Waals surface area contributed by atoms with Gasteiger partial charge in [0, 0.05) is 19.0 Å². The highest BCUT2D eigenvalue weighted by atomic mass is 19.4. The first-order chi connectivity index (χ1) is 7.36. The van der Waals surface area contributed by atoms with Gasteiger partial charge in [0.25, 0.3) is 0 Å². The Morgan fingerprint density at radius 2 is 2.25 bits per heavy atom. The summed E-state index contributed by atoms with van der Waals surface area (Å²) in [4.78, 5) is 12.7. The SMILES string of the molecule is CC1CCCN(CC(C#N)C(F)(F)F)C1=O. The minimum atomic E-state index is -4.56. The van der Waals surface area contributed by atoms with Crippen molar-refractivity contribution in [2.24, 2.45) is 11.8 Å². The molecule has 0 bridgehead atoms. The summed E-state index contributed by atoms with van der Waals surface area (Å²) in [6.07, 6.45) is -3.16. The lowest BCUT2D eigenvalue weighted by Crippen LogP contribution is -2.45. The van der Waals surface area contributed by atoms with E-state index in [0.29, 0.717) is 19.4 Å². The molecule has 0 spiro atoms. The number of nitriles is 1. The van der Waals surface area contributed by atoms with E-state index in [-0.39, 0.29) is 11.8 Å². The first-order valence-electron chi connectivity index (χ1n) is 5.11. The molecular weight excluding hydrogens is 221 g/mol. The Balaban J connectivity index is 2.66. The molecule has 1 fully saturated rings. The number of amides is 1. The number of piperidine rings is 1. The summed E-state index contributed by atoms with van der Waals surface area (Å²) in [6, 6.07) is 1.21. The molecule has 0 aromatic heterocycles. The minimum absolute atomic E-state index is 0.235. The van der Waals surface area contributed by atoms with Crippen molar-refractivity contribution < 1.29 is 18.0 Å². The molecule has 1 aliphatic heterocycles. The number of carbonyl (C=O) groups is 1. The van der Waals surface area contributed by atoms with Crippen molar-refractivity contribution in [2.45, 2.75) is 25.9 Å². The summed E-state index contributed by atoms with van der Waals surface area (Å²) in [5.41, 5.74) is 0. The number of alkyl halides is 3. The zero-order valence-corrected chi connectivity index (χ0v) is 8.92. The van der Waals surface area contributed by atoms with Crippen LogP contribution in [0.25, 0.3) is 0 Å². The highest BCUT2D eigenvalue weighted by Gasteiger charge is 2.42. The van der Waals surface area contributed by atoms with E-state index in [1.165, 1.54) is 6.07 Å². The number of nitrogens with zero attached hydrogens (tertiary/aromatic N) is 2. The van der Waals surface area contributed by atoms with Crippen molar-refractivity contribution in [3.05, 3.63) is 0 Å². The fourth-order valence-electron chi connectivity index (χ4n) is 1.75. The topological polar surface area (TPSA) is 44.1 Å². The van der Waals surface area contributed by atoms with Gasteiger partial charge in [0.05, 0.1) is 6.07 Å². The van der Waals surface area contributed by atoms with Gasteiger partial charge >= 0.3 is 6.18 Å². The standard InChI is InChI=1S/C10H13F3N2O/c1-7-3-2-4-15(9(7)16)6-8(5-14)10(11,12)13/h7-8H,2-4,6H2,1H3. The Kier molecular flexibility index (Phi) is 3.79. The maximum atomic E-state index is 12.3. The van der Waals surface area contributed by atoms with Gasteiger partial charge in [0.2, 0.25) is 5.91 Å². The zero-order valence-electron chi connectivity index (χ0n) is 8.92. The van der Waals surface area contributed by atoms with Gasteiger partial charge in [-0.25, -0.2) is 0 Å². The Hall–Kier alpha value is -1.25. The molecule has 1 saturated heterocycles. The maximum absolute atomic E-state index is 12.3. The Bertz CT molecular complexity index is 308. The predicted octanol–water partition coefficient (Wildman–Crippen LogP) is 1.95. The first kappa shape index (κ1) is 12.8. The van der Waals surface area contributed by atoms with Gasteiger partial charge in [-0.2, -0.15) is 18.4 Å². The van der Waals surface area contributed by atoms with Gasteiger partial charge < -0.3 is 4.90 Å². The van der Waals surface area contributed by atoms with Crippen LogP contribution in [0.15, 0.2) is 0 Å². The fourth-order valence-corrected chi connectivity index (χ4v) is 1.75. The number of hydrogen-bond donors (Lipinski definition) is 0. The summed E-state index contributed by atoms with van der Waals surface area (Å²) in [7, 11) is 0. The van der Waals surface area contributed by atoms with Crippen LogP contribution in [0, 0.1) is 23.2 Å². The molecule has 1 rings (SSSR count). The van der Waals surface area contributed by atoms with Gasteiger partial charge in [-0.05, 0) is 12.8 Å². The average Bonchev–Trinajstić information content (AvgIpc) is 2.18. The molecule has 0 N–H and O–H groups in total. The molecule has 0 aromatic carbocycles. The van der Waals surface area contributed by atoms with Crippen LogP contribution in [0.1, 0.15) is 19.8 Å². The fraction of sp³-hybridized carbons (Fsp3) is 0.800. The van der Waals surface area contributed by atoms with E-state index in [2.05, 4.69) is 0 Å². The predicted molar refractivity (Wildman–Crippen MR) is 50.1 cm³/mol. The molecular formula is C10H13F3N2O. The van der Waals surface area contributed by atoms with E-state index in [1.807, 2.05) is 0 Å². The van der Waals surface area contributed by atoms with Gasteiger partial charge in [0.1, 0.15) is 0 Å². The third-order valence-corrected chi connectivity index (χ3v) is 2.75. The molecule has 90 valence electrons. The summed E-state index contributed by atoms with van der Waals surface area (Å²) in [5, 5.41) is 8.44. The first-order valence-corrected chi connectivity index (χ1v) is 5.11. The van der Waals surface area contributed by atoms with Crippen molar-refractivity contribution in [3.63, 3.8) is 0 Å². The Morgan fingerprint density at radius 3 is 2.75 bits per heavy atom. The zero-order chi connectivity index (χ0) is 12.3. The van der Waals surface area contributed by atoms with Crippen LogP contribution in [0.2, 0.25) is 0 Å². The van der Waals surface area contributed by atoms with Crippen molar-refractivity contribution in [3.8, 4) is 6.07 Å². The molecule has 1 aliphatic rings. The smallest absolute Gasteiger partial charge is 0.341 e. The lowest BCUT2D eigenvalue weighted by molar-refractivity contribution is -0.167. The lowest BCUT2D eigenvalue weighted by atomic mass is 9.98. The van der Waals surface area contributed by atoms with Crippen molar-refractivity contribution in [1.29, 1.82) is 5.26 Å². The van der Waals surface area contributed by atoms with E-state index < -0.39 is 18.6 Å². The molecule has 0 aromatic rings. The van der Waals surface area contributed by atoms with Crippen LogP contribution in [0.3, 0.4) is 0 Å². The molecule has 0 saturated carbocycles. The van der Waals surface area contributed by atoms with Gasteiger partial charge in [0.15, 0.2) is 5.92 Å². The number of likely N-dealkylation sites (tertiary alicyclic amines) is 1. The lowest BCUT2D eigenvalue weighted by Gasteiger charge is -2.32. The second-order valence-corrected chi connectivity index (χ2v) is 4.05.